The van der Waals surface area contributed by atoms with Gasteiger partial charge in [-0.05, 0) is 0 Å². The highest BCUT2D eigenvalue weighted by molar-refractivity contribution is 5.66. The first-order valence-electron chi connectivity index (χ1n) is 3.02. The summed E-state index contributed by atoms with van der Waals surface area (Å²) in [6.45, 7) is 3.87. The van der Waals surface area contributed by atoms with Gasteiger partial charge in [0.05, 0.1) is 0 Å². The summed E-state index contributed by atoms with van der Waals surface area (Å²) < 4.78 is 9.75. The van der Waals surface area contributed by atoms with Crippen LogP contribution < -0.4 is 0 Å². The van der Waals surface area contributed by atoms with E-state index < -0.39 is 5.79 Å². The molecule has 0 radical (unpaired) electrons. The highest BCUT2D eigenvalue weighted by atomic mass is 16.8. The molecule has 0 spiro atoms. The molecule has 1 atom stereocenters. The summed E-state index contributed by atoms with van der Waals surface area (Å²) in [5.74, 6) is -0.805. The van der Waals surface area contributed by atoms with Crippen molar-refractivity contribution < 1.29 is 14.3 Å². The van der Waals surface area contributed by atoms with E-state index in [-0.39, 0.29) is 5.97 Å². The van der Waals surface area contributed by atoms with E-state index in [0.29, 0.717) is 6.61 Å². The van der Waals surface area contributed by atoms with Gasteiger partial charge in [-0.2, -0.15) is 0 Å². The Hall–Kier alpha value is -0.570. The summed E-state index contributed by atoms with van der Waals surface area (Å²) in [4.78, 5) is 10.4. The summed E-state index contributed by atoms with van der Waals surface area (Å²) in [6.07, 6.45) is 0.743. The zero-order valence-electron chi connectivity index (χ0n) is 5.64. The third kappa shape index (κ3) is 1.42. The van der Waals surface area contributed by atoms with Crippen molar-refractivity contribution in [3.8, 4) is 0 Å². The van der Waals surface area contributed by atoms with E-state index in [4.69, 9.17) is 9.47 Å². The van der Waals surface area contributed by atoms with Crippen molar-refractivity contribution in [2.24, 2.45) is 0 Å². The molecule has 1 saturated heterocycles. The van der Waals surface area contributed by atoms with E-state index in [1.54, 1.807) is 0 Å². The van der Waals surface area contributed by atoms with Crippen LogP contribution in [0.2, 0.25) is 0 Å². The monoisotopic (exact) mass is 130 g/mol. The van der Waals surface area contributed by atoms with Crippen molar-refractivity contribution in [2.45, 2.75) is 26.1 Å². The minimum absolute atomic E-state index is 0.269. The molecule has 0 amide bonds. The van der Waals surface area contributed by atoms with Crippen LogP contribution in [0.3, 0.4) is 0 Å². The zero-order valence-corrected chi connectivity index (χ0v) is 5.64. The average Bonchev–Trinajstić information content (AvgIpc) is 2.48. The molecule has 0 bridgehead atoms. The van der Waals surface area contributed by atoms with Crippen LogP contribution in [0.4, 0.5) is 0 Å². The minimum Gasteiger partial charge on any atom is -0.431 e. The normalized spacial score (nSPS) is 31.8. The maximum atomic E-state index is 10.4. The van der Waals surface area contributed by atoms with Gasteiger partial charge in [0.15, 0.2) is 0 Å². The Bertz CT molecular complexity index is 126. The largest absolute Gasteiger partial charge is 0.431 e. The van der Waals surface area contributed by atoms with E-state index in [1.165, 1.54) is 6.92 Å². The lowest BCUT2D eigenvalue weighted by molar-refractivity contribution is -0.156. The molecule has 1 aliphatic rings. The van der Waals surface area contributed by atoms with Crippen molar-refractivity contribution in [3.05, 3.63) is 0 Å². The van der Waals surface area contributed by atoms with E-state index in [2.05, 4.69) is 0 Å². The molecular formula is C6H10O3. The molecule has 3 heteroatoms. The van der Waals surface area contributed by atoms with Gasteiger partial charge in [0, 0.05) is 13.3 Å². The van der Waals surface area contributed by atoms with E-state index in [9.17, 15) is 4.79 Å². The fourth-order valence-corrected chi connectivity index (χ4v) is 0.678. The number of carbonyl (C=O) groups is 1. The molecule has 0 saturated carbocycles. The highest BCUT2D eigenvalue weighted by Crippen LogP contribution is 2.31. The summed E-state index contributed by atoms with van der Waals surface area (Å²) in [5, 5.41) is 0. The molecule has 1 rings (SSSR count). The number of rotatable bonds is 2. The topological polar surface area (TPSA) is 38.8 Å². The van der Waals surface area contributed by atoms with Crippen LogP contribution in [0, 0.1) is 0 Å². The SMILES string of the molecule is CCC1(OC(C)=O)CO1. The molecule has 1 fully saturated rings. The van der Waals surface area contributed by atoms with Gasteiger partial charge in [-0.15, -0.1) is 0 Å². The maximum absolute atomic E-state index is 10.4. The van der Waals surface area contributed by atoms with Gasteiger partial charge in [-0.25, -0.2) is 0 Å². The van der Waals surface area contributed by atoms with Gasteiger partial charge in [0.2, 0.25) is 5.79 Å². The molecule has 0 aromatic heterocycles. The molecule has 9 heavy (non-hydrogen) atoms. The second-order valence-electron chi connectivity index (χ2n) is 2.15. The third-order valence-electron chi connectivity index (χ3n) is 1.33. The Labute approximate surface area is 53.9 Å². The Morgan fingerprint density at radius 3 is 2.56 bits per heavy atom. The van der Waals surface area contributed by atoms with Crippen LogP contribution in [0.15, 0.2) is 0 Å². The van der Waals surface area contributed by atoms with Gasteiger partial charge in [-0.1, -0.05) is 6.92 Å². The predicted molar refractivity (Wildman–Crippen MR) is 30.7 cm³/mol. The minimum atomic E-state index is -0.536. The standard InChI is InChI=1S/C6H10O3/c1-3-6(4-8-6)9-5(2)7/h3-4H2,1-2H3. The van der Waals surface area contributed by atoms with Crippen molar-refractivity contribution in [3.63, 3.8) is 0 Å². The van der Waals surface area contributed by atoms with Crippen molar-refractivity contribution in [1.29, 1.82) is 0 Å². The van der Waals surface area contributed by atoms with E-state index in [0.717, 1.165) is 6.42 Å². The lowest BCUT2D eigenvalue weighted by Gasteiger charge is -2.06. The van der Waals surface area contributed by atoms with Crippen LogP contribution in [-0.4, -0.2) is 18.4 Å². The number of epoxide rings is 1. The van der Waals surface area contributed by atoms with Gasteiger partial charge < -0.3 is 9.47 Å². The van der Waals surface area contributed by atoms with Gasteiger partial charge in [-0.3, -0.25) is 4.79 Å². The first-order chi connectivity index (χ1) is 4.18. The average molecular weight is 130 g/mol. The van der Waals surface area contributed by atoms with E-state index in [1.807, 2.05) is 6.92 Å². The molecular weight excluding hydrogens is 120 g/mol. The second-order valence-corrected chi connectivity index (χ2v) is 2.15. The third-order valence-corrected chi connectivity index (χ3v) is 1.33. The Morgan fingerprint density at radius 1 is 1.89 bits per heavy atom. The predicted octanol–water partition coefficient (Wildman–Crippen LogP) is 0.686. The Morgan fingerprint density at radius 2 is 2.44 bits per heavy atom. The quantitative estimate of drug-likeness (QED) is 0.407. The van der Waals surface area contributed by atoms with Crippen LogP contribution in [-0.2, 0) is 14.3 Å². The summed E-state index contributed by atoms with van der Waals surface area (Å²) >= 11 is 0. The van der Waals surface area contributed by atoms with E-state index >= 15 is 0 Å². The summed E-state index contributed by atoms with van der Waals surface area (Å²) in [6, 6.07) is 0. The molecule has 0 aromatic carbocycles. The smallest absolute Gasteiger partial charge is 0.305 e. The van der Waals surface area contributed by atoms with Gasteiger partial charge in [0.1, 0.15) is 6.61 Å². The summed E-state index contributed by atoms with van der Waals surface area (Å²) in [5.41, 5.74) is 0. The molecule has 0 aliphatic carbocycles. The molecule has 52 valence electrons. The van der Waals surface area contributed by atoms with Crippen molar-refractivity contribution >= 4 is 5.97 Å². The van der Waals surface area contributed by atoms with Gasteiger partial charge >= 0.3 is 5.97 Å². The molecule has 1 aliphatic heterocycles. The number of esters is 1. The van der Waals surface area contributed by atoms with Gasteiger partial charge in [0.25, 0.3) is 0 Å². The summed E-state index contributed by atoms with van der Waals surface area (Å²) in [7, 11) is 0. The lowest BCUT2D eigenvalue weighted by atomic mass is 10.3. The van der Waals surface area contributed by atoms with Crippen molar-refractivity contribution in [2.75, 3.05) is 6.61 Å². The number of ether oxygens (including phenoxy) is 2. The van der Waals surface area contributed by atoms with Crippen LogP contribution in [0.25, 0.3) is 0 Å². The number of carbonyl (C=O) groups excluding carboxylic acids is 1. The lowest BCUT2D eigenvalue weighted by Crippen LogP contribution is -2.17. The number of hydrogen-bond donors (Lipinski definition) is 0. The highest BCUT2D eigenvalue weighted by Gasteiger charge is 2.46. The first kappa shape index (κ1) is 6.55. The van der Waals surface area contributed by atoms with Crippen LogP contribution in [0.5, 0.6) is 0 Å². The first-order valence-corrected chi connectivity index (χ1v) is 3.02. The van der Waals surface area contributed by atoms with Crippen molar-refractivity contribution in [1.82, 2.24) is 0 Å². The van der Waals surface area contributed by atoms with Crippen LogP contribution in [0.1, 0.15) is 20.3 Å². The molecule has 3 nitrogen and oxygen atoms in total. The number of hydrogen-bond acceptors (Lipinski definition) is 3. The Balaban J connectivity index is 2.33. The molecule has 1 heterocycles. The second kappa shape index (κ2) is 1.99. The molecule has 1 unspecified atom stereocenters. The fourth-order valence-electron chi connectivity index (χ4n) is 0.678. The van der Waals surface area contributed by atoms with Crippen LogP contribution >= 0.6 is 0 Å². The molecule has 0 aromatic rings. The zero-order chi connectivity index (χ0) is 6.91. The molecule has 0 N–H and O–H groups in total. The Kier molecular flexibility index (Phi) is 1.45. The maximum Gasteiger partial charge on any atom is 0.305 e. The fraction of sp³-hybridized carbons (Fsp3) is 0.833.